The van der Waals surface area contributed by atoms with E-state index in [1.807, 2.05) is 30.3 Å². The van der Waals surface area contributed by atoms with Gasteiger partial charge in [-0.3, -0.25) is 4.79 Å². The van der Waals surface area contributed by atoms with E-state index in [4.69, 9.17) is 9.52 Å². The van der Waals surface area contributed by atoms with Crippen LogP contribution >= 0.6 is 0 Å². The number of fused-ring (bicyclic) bond motifs is 1. The standard InChI is InChI=1S/C12H12O3/c1-8(12(13)14)6-10-7-9-4-2-3-5-11(9)15-10/h2-5,7-8H,6H2,1H3,(H,13,14). The molecule has 1 atom stereocenters. The minimum atomic E-state index is -0.796. The van der Waals surface area contributed by atoms with Crippen LogP contribution in [0.5, 0.6) is 0 Å². The van der Waals surface area contributed by atoms with Gasteiger partial charge in [0.1, 0.15) is 11.3 Å². The van der Waals surface area contributed by atoms with Crippen molar-refractivity contribution in [1.29, 1.82) is 0 Å². The number of carboxylic acids is 1. The van der Waals surface area contributed by atoms with E-state index < -0.39 is 11.9 Å². The van der Waals surface area contributed by atoms with Gasteiger partial charge in [-0.15, -0.1) is 0 Å². The Balaban J connectivity index is 2.26. The zero-order valence-corrected chi connectivity index (χ0v) is 8.43. The van der Waals surface area contributed by atoms with E-state index in [0.717, 1.165) is 16.7 Å². The van der Waals surface area contributed by atoms with E-state index in [1.165, 1.54) is 0 Å². The second kappa shape index (κ2) is 3.77. The highest BCUT2D eigenvalue weighted by atomic mass is 16.4. The first-order chi connectivity index (χ1) is 7.16. The predicted molar refractivity (Wildman–Crippen MR) is 56.7 cm³/mol. The summed E-state index contributed by atoms with van der Waals surface area (Å²) in [5, 5.41) is 9.80. The van der Waals surface area contributed by atoms with E-state index in [2.05, 4.69) is 0 Å². The third-order valence-corrected chi connectivity index (χ3v) is 2.41. The molecule has 0 aliphatic heterocycles. The molecule has 1 aromatic heterocycles. The van der Waals surface area contributed by atoms with Gasteiger partial charge in [0.2, 0.25) is 0 Å². The number of aliphatic carboxylic acids is 1. The molecule has 1 unspecified atom stereocenters. The van der Waals surface area contributed by atoms with Crippen molar-refractivity contribution < 1.29 is 14.3 Å². The molecule has 0 saturated heterocycles. The second-order valence-electron chi connectivity index (χ2n) is 3.69. The first-order valence-corrected chi connectivity index (χ1v) is 4.87. The summed E-state index contributed by atoms with van der Waals surface area (Å²) in [7, 11) is 0. The Hall–Kier alpha value is -1.77. The molecule has 3 nitrogen and oxygen atoms in total. The molecule has 1 aromatic carbocycles. The molecular weight excluding hydrogens is 192 g/mol. The maximum atomic E-state index is 10.7. The van der Waals surface area contributed by atoms with Gasteiger partial charge in [0.05, 0.1) is 5.92 Å². The van der Waals surface area contributed by atoms with Crippen molar-refractivity contribution in [3.8, 4) is 0 Å². The quantitative estimate of drug-likeness (QED) is 0.836. The minimum Gasteiger partial charge on any atom is -0.481 e. The number of rotatable bonds is 3. The van der Waals surface area contributed by atoms with Crippen molar-refractivity contribution in [1.82, 2.24) is 0 Å². The van der Waals surface area contributed by atoms with Crippen LogP contribution in [0.2, 0.25) is 0 Å². The molecule has 0 bridgehead atoms. The molecule has 0 spiro atoms. The fourth-order valence-electron chi connectivity index (χ4n) is 1.53. The van der Waals surface area contributed by atoms with Crippen LogP contribution in [0, 0.1) is 5.92 Å². The summed E-state index contributed by atoms with van der Waals surface area (Å²) in [6.07, 6.45) is 0.435. The van der Waals surface area contributed by atoms with Crippen LogP contribution in [0.3, 0.4) is 0 Å². The highest BCUT2D eigenvalue weighted by Crippen LogP contribution is 2.20. The molecule has 0 fully saturated rings. The highest BCUT2D eigenvalue weighted by molar-refractivity contribution is 5.78. The Kier molecular flexibility index (Phi) is 2.46. The van der Waals surface area contributed by atoms with Crippen LogP contribution in [0.15, 0.2) is 34.7 Å². The van der Waals surface area contributed by atoms with Crippen molar-refractivity contribution in [3.05, 3.63) is 36.1 Å². The van der Waals surface area contributed by atoms with Gasteiger partial charge in [0, 0.05) is 11.8 Å². The van der Waals surface area contributed by atoms with Gasteiger partial charge < -0.3 is 9.52 Å². The molecule has 1 heterocycles. The molecule has 2 rings (SSSR count). The van der Waals surface area contributed by atoms with Crippen LogP contribution in [-0.4, -0.2) is 11.1 Å². The molecule has 0 aliphatic rings. The van der Waals surface area contributed by atoms with Gasteiger partial charge in [-0.25, -0.2) is 0 Å². The molecule has 0 saturated carbocycles. The van der Waals surface area contributed by atoms with Crippen molar-refractivity contribution >= 4 is 16.9 Å². The lowest BCUT2D eigenvalue weighted by atomic mass is 10.1. The molecule has 78 valence electrons. The molecule has 3 heteroatoms. The number of hydrogen-bond donors (Lipinski definition) is 1. The molecule has 2 aromatic rings. The van der Waals surface area contributed by atoms with Crippen LogP contribution < -0.4 is 0 Å². The topological polar surface area (TPSA) is 50.4 Å². The Morgan fingerprint density at radius 1 is 1.47 bits per heavy atom. The molecule has 15 heavy (non-hydrogen) atoms. The highest BCUT2D eigenvalue weighted by Gasteiger charge is 2.14. The molecule has 0 amide bonds. The number of para-hydroxylation sites is 1. The van der Waals surface area contributed by atoms with E-state index in [-0.39, 0.29) is 0 Å². The van der Waals surface area contributed by atoms with E-state index in [0.29, 0.717) is 6.42 Å². The average Bonchev–Trinajstić information content (AvgIpc) is 2.59. The second-order valence-corrected chi connectivity index (χ2v) is 3.69. The molecule has 1 N–H and O–H groups in total. The zero-order valence-electron chi connectivity index (χ0n) is 8.43. The fraction of sp³-hybridized carbons (Fsp3) is 0.250. The Bertz CT molecular complexity index is 451. The summed E-state index contributed by atoms with van der Waals surface area (Å²) >= 11 is 0. The van der Waals surface area contributed by atoms with Crippen LogP contribution in [-0.2, 0) is 11.2 Å². The normalized spacial score (nSPS) is 12.9. The minimum absolute atomic E-state index is 0.412. The predicted octanol–water partition coefficient (Wildman–Crippen LogP) is 2.70. The fourth-order valence-corrected chi connectivity index (χ4v) is 1.53. The van der Waals surface area contributed by atoms with Gasteiger partial charge in [0.25, 0.3) is 0 Å². The van der Waals surface area contributed by atoms with Crippen LogP contribution in [0.4, 0.5) is 0 Å². The molecule has 0 aliphatic carbocycles. The molecular formula is C12H12O3. The van der Waals surface area contributed by atoms with Gasteiger partial charge in [-0.2, -0.15) is 0 Å². The average molecular weight is 204 g/mol. The third kappa shape index (κ3) is 2.01. The summed E-state index contributed by atoms with van der Waals surface area (Å²) in [5.74, 6) is -0.480. The lowest BCUT2D eigenvalue weighted by Crippen LogP contribution is -2.11. The number of carbonyl (C=O) groups is 1. The summed E-state index contributed by atoms with van der Waals surface area (Å²) in [6, 6.07) is 9.56. The van der Waals surface area contributed by atoms with Gasteiger partial charge in [-0.1, -0.05) is 25.1 Å². The lowest BCUT2D eigenvalue weighted by molar-refractivity contribution is -0.141. The van der Waals surface area contributed by atoms with Gasteiger partial charge in [-0.05, 0) is 12.1 Å². The van der Waals surface area contributed by atoms with E-state index in [9.17, 15) is 4.79 Å². The number of carboxylic acid groups (broad SMARTS) is 1. The summed E-state index contributed by atoms with van der Waals surface area (Å²) in [4.78, 5) is 10.7. The van der Waals surface area contributed by atoms with Crippen molar-refractivity contribution in [2.75, 3.05) is 0 Å². The van der Waals surface area contributed by atoms with Crippen LogP contribution in [0.1, 0.15) is 12.7 Å². The van der Waals surface area contributed by atoms with E-state index >= 15 is 0 Å². The number of benzene rings is 1. The maximum Gasteiger partial charge on any atom is 0.306 e. The maximum absolute atomic E-state index is 10.7. The van der Waals surface area contributed by atoms with Crippen LogP contribution in [0.25, 0.3) is 11.0 Å². The monoisotopic (exact) mass is 204 g/mol. The Labute approximate surface area is 87.3 Å². The SMILES string of the molecule is CC(Cc1cc2ccccc2o1)C(=O)O. The summed E-state index contributed by atoms with van der Waals surface area (Å²) in [5.41, 5.74) is 0.810. The lowest BCUT2D eigenvalue weighted by Gasteiger charge is -2.01. The third-order valence-electron chi connectivity index (χ3n) is 2.41. The van der Waals surface area contributed by atoms with Gasteiger partial charge >= 0.3 is 5.97 Å². The first kappa shape index (κ1) is 9.77. The first-order valence-electron chi connectivity index (χ1n) is 4.87. The largest absolute Gasteiger partial charge is 0.481 e. The van der Waals surface area contributed by atoms with Gasteiger partial charge in [0.15, 0.2) is 0 Å². The smallest absolute Gasteiger partial charge is 0.306 e. The van der Waals surface area contributed by atoms with E-state index in [1.54, 1.807) is 6.92 Å². The summed E-state index contributed by atoms with van der Waals surface area (Å²) in [6.45, 7) is 1.68. The van der Waals surface area contributed by atoms with Crippen molar-refractivity contribution in [2.24, 2.45) is 5.92 Å². The zero-order chi connectivity index (χ0) is 10.8. The summed E-state index contributed by atoms with van der Waals surface area (Å²) < 4.78 is 5.53. The Morgan fingerprint density at radius 3 is 2.87 bits per heavy atom. The Morgan fingerprint density at radius 2 is 2.20 bits per heavy atom. The number of furan rings is 1. The molecule has 0 radical (unpaired) electrons. The van der Waals surface area contributed by atoms with Crippen molar-refractivity contribution in [3.63, 3.8) is 0 Å². The number of hydrogen-bond acceptors (Lipinski definition) is 2. The van der Waals surface area contributed by atoms with Crippen molar-refractivity contribution in [2.45, 2.75) is 13.3 Å².